The molecule has 2 N–H and O–H groups in total. The van der Waals surface area contributed by atoms with Gasteiger partial charge in [0.25, 0.3) is 0 Å². The van der Waals surface area contributed by atoms with Gasteiger partial charge < -0.3 is 15.5 Å². The number of halogens is 3. The average molecular weight is 431 g/mol. The molecule has 5 nitrogen and oxygen atoms in total. The number of hydrogen-bond acceptors (Lipinski definition) is 2. The Balaban J connectivity index is 1.47. The summed E-state index contributed by atoms with van der Waals surface area (Å²) in [7, 11) is 0. The summed E-state index contributed by atoms with van der Waals surface area (Å²) < 4.78 is 40.3. The Labute approximate surface area is 178 Å². The van der Waals surface area contributed by atoms with Crippen LogP contribution in [0.5, 0.6) is 0 Å². The molecule has 1 heterocycles. The van der Waals surface area contributed by atoms with Crippen LogP contribution in [0.25, 0.3) is 0 Å². The number of likely N-dealkylation sites (tertiary alicyclic amines) is 1. The van der Waals surface area contributed by atoms with Crippen LogP contribution < -0.4 is 10.6 Å². The summed E-state index contributed by atoms with van der Waals surface area (Å²) in [4.78, 5) is 27.4. The molecule has 0 aromatic heterocycles. The summed E-state index contributed by atoms with van der Waals surface area (Å²) in [6.07, 6.45) is 2.91. The van der Waals surface area contributed by atoms with Crippen LogP contribution in [-0.2, 0) is 4.79 Å². The molecule has 2 aromatic rings. The molecule has 2 fully saturated rings. The minimum Gasteiger partial charge on any atom is -0.342 e. The van der Waals surface area contributed by atoms with Gasteiger partial charge in [-0.2, -0.15) is 0 Å². The van der Waals surface area contributed by atoms with Gasteiger partial charge in [0.05, 0.1) is 5.69 Å². The van der Waals surface area contributed by atoms with Crippen LogP contribution in [0.4, 0.5) is 23.7 Å². The van der Waals surface area contributed by atoms with Crippen LogP contribution in [0.2, 0.25) is 0 Å². The van der Waals surface area contributed by atoms with Crippen molar-refractivity contribution < 1.29 is 22.8 Å². The third-order valence-electron chi connectivity index (χ3n) is 6.11. The van der Waals surface area contributed by atoms with Crippen LogP contribution in [0.3, 0.4) is 0 Å². The molecule has 0 bridgehead atoms. The number of hydrogen-bond donors (Lipinski definition) is 2. The molecular formula is C23H24F3N3O2. The molecule has 31 heavy (non-hydrogen) atoms. The molecule has 3 atom stereocenters. The van der Waals surface area contributed by atoms with Gasteiger partial charge in [0.1, 0.15) is 17.5 Å². The fraction of sp³-hybridized carbons (Fsp3) is 0.391. The number of nitrogens with zero attached hydrogens (tertiary/aromatic N) is 1. The molecule has 1 saturated heterocycles. The molecule has 0 spiro atoms. The van der Waals surface area contributed by atoms with Crippen molar-refractivity contribution in [3.8, 4) is 0 Å². The maximum Gasteiger partial charge on any atom is 0.319 e. The van der Waals surface area contributed by atoms with E-state index >= 15 is 0 Å². The van der Waals surface area contributed by atoms with Crippen molar-refractivity contribution in [3.05, 3.63) is 65.5 Å². The van der Waals surface area contributed by atoms with Gasteiger partial charge in [0.2, 0.25) is 5.91 Å². The molecule has 1 aliphatic heterocycles. The zero-order valence-electron chi connectivity index (χ0n) is 16.9. The lowest BCUT2D eigenvalue weighted by molar-refractivity contribution is -0.134. The standard InChI is InChI=1S/C23H24F3N3O2/c24-15-5-3-14(4-6-15)18-12-17(13-19(18)22(30)29-9-1-2-10-29)27-23(31)28-21-8-7-16(25)11-20(21)26/h3-8,11,17-19H,1-2,9-10,12-13H2,(H2,27,28,31)/t17-,18+,19-/m0/s1. The van der Waals surface area contributed by atoms with Crippen LogP contribution in [0.1, 0.15) is 37.2 Å². The molecule has 0 unspecified atom stereocenters. The third-order valence-corrected chi connectivity index (χ3v) is 6.11. The van der Waals surface area contributed by atoms with Crippen LogP contribution in [0.15, 0.2) is 42.5 Å². The van der Waals surface area contributed by atoms with Crippen LogP contribution in [-0.4, -0.2) is 36.0 Å². The first-order valence-corrected chi connectivity index (χ1v) is 10.5. The summed E-state index contributed by atoms with van der Waals surface area (Å²) in [5.74, 6) is -2.36. The molecule has 8 heteroatoms. The van der Waals surface area contributed by atoms with E-state index < -0.39 is 17.7 Å². The summed E-state index contributed by atoms with van der Waals surface area (Å²) in [5.41, 5.74) is 0.727. The number of amides is 3. The van der Waals surface area contributed by atoms with Crippen LogP contribution in [0, 0.1) is 23.4 Å². The second kappa shape index (κ2) is 8.99. The van der Waals surface area contributed by atoms with Gasteiger partial charge in [0, 0.05) is 31.1 Å². The predicted molar refractivity (Wildman–Crippen MR) is 110 cm³/mol. The number of urea groups is 1. The summed E-state index contributed by atoms with van der Waals surface area (Å²) in [6.45, 7) is 1.46. The predicted octanol–water partition coefficient (Wildman–Crippen LogP) is 4.41. The first-order valence-electron chi connectivity index (χ1n) is 10.5. The van der Waals surface area contributed by atoms with Gasteiger partial charge in [-0.05, 0) is 61.4 Å². The van der Waals surface area contributed by atoms with E-state index in [-0.39, 0.29) is 35.3 Å². The Bertz CT molecular complexity index is 961. The van der Waals surface area contributed by atoms with E-state index in [0.717, 1.165) is 43.6 Å². The smallest absolute Gasteiger partial charge is 0.319 e. The number of anilines is 1. The first-order chi connectivity index (χ1) is 14.9. The lowest BCUT2D eigenvalue weighted by atomic mass is 9.88. The number of nitrogens with one attached hydrogen (secondary N) is 2. The Morgan fingerprint density at radius 1 is 0.903 bits per heavy atom. The van der Waals surface area contributed by atoms with Gasteiger partial charge in [-0.25, -0.2) is 18.0 Å². The minimum atomic E-state index is -0.868. The molecular weight excluding hydrogens is 407 g/mol. The van der Waals surface area contributed by atoms with Crippen molar-refractivity contribution in [3.63, 3.8) is 0 Å². The average Bonchev–Trinajstić information content (AvgIpc) is 3.41. The Hall–Kier alpha value is -3.03. The first kappa shape index (κ1) is 21.2. The van der Waals surface area contributed by atoms with E-state index in [1.165, 1.54) is 12.1 Å². The van der Waals surface area contributed by atoms with E-state index in [1.807, 2.05) is 4.90 Å². The maximum atomic E-state index is 13.8. The molecule has 3 amide bonds. The molecule has 1 aliphatic carbocycles. The lowest BCUT2D eigenvalue weighted by Crippen LogP contribution is -2.38. The third kappa shape index (κ3) is 4.84. The SMILES string of the molecule is O=C(Nc1ccc(F)cc1F)N[C@@H]1C[C@H](C(=O)N2CCCC2)[C@@H](c2ccc(F)cc2)C1. The monoisotopic (exact) mass is 431 g/mol. The number of benzene rings is 2. The summed E-state index contributed by atoms with van der Waals surface area (Å²) >= 11 is 0. The summed E-state index contributed by atoms with van der Waals surface area (Å²) in [5, 5.41) is 5.19. The Kier molecular flexibility index (Phi) is 6.15. The van der Waals surface area contributed by atoms with Crippen molar-refractivity contribution in [1.29, 1.82) is 0 Å². The molecule has 4 rings (SSSR count). The zero-order valence-corrected chi connectivity index (χ0v) is 16.9. The summed E-state index contributed by atoms with van der Waals surface area (Å²) in [6, 6.07) is 8.08. The highest BCUT2D eigenvalue weighted by Crippen LogP contribution is 2.41. The van der Waals surface area contributed by atoms with Crippen LogP contribution >= 0.6 is 0 Å². The molecule has 0 radical (unpaired) electrons. The molecule has 2 aromatic carbocycles. The highest BCUT2D eigenvalue weighted by molar-refractivity contribution is 5.89. The topological polar surface area (TPSA) is 61.4 Å². The fourth-order valence-electron chi connectivity index (χ4n) is 4.61. The van der Waals surface area contributed by atoms with E-state index in [1.54, 1.807) is 12.1 Å². The second-order valence-electron chi connectivity index (χ2n) is 8.19. The number of carbonyl (C=O) groups is 2. The Morgan fingerprint density at radius 2 is 1.58 bits per heavy atom. The molecule has 164 valence electrons. The van der Waals surface area contributed by atoms with E-state index in [0.29, 0.717) is 18.9 Å². The number of rotatable bonds is 4. The maximum absolute atomic E-state index is 13.8. The largest absolute Gasteiger partial charge is 0.342 e. The van der Waals surface area contributed by atoms with Gasteiger partial charge >= 0.3 is 6.03 Å². The molecule has 1 saturated carbocycles. The van der Waals surface area contributed by atoms with Gasteiger partial charge in [-0.3, -0.25) is 4.79 Å². The van der Waals surface area contributed by atoms with Gasteiger partial charge in [-0.15, -0.1) is 0 Å². The van der Waals surface area contributed by atoms with E-state index in [4.69, 9.17) is 0 Å². The lowest BCUT2D eigenvalue weighted by Gasteiger charge is -2.24. The van der Waals surface area contributed by atoms with E-state index in [9.17, 15) is 22.8 Å². The second-order valence-corrected chi connectivity index (χ2v) is 8.19. The normalized spacial score (nSPS) is 23.1. The van der Waals surface area contributed by atoms with Crippen molar-refractivity contribution in [2.24, 2.45) is 5.92 Å². The highest BCUT2D eigenvalue weighted by atomic mass is 19.1. The number of carbonyl (C=O) groups excluding carboxylic acids is 2. The van der Waals surface area contributed by atoms with Crippen molar-refractivity contribution >= 4 is 17.6 Å². The quantitative estimate of drug-likeness (QED) is 0.753. The van der Waals surface area contributed by atoms with E-state index in [2.05, 4.69) is 10.6 Å². The zero-order chi connectivity index (χ0) is 22.0. The van der Waals surface area contributed by atoms with Gasteiger partial charge in [-0.1, -0.05) is 12.1 Å². The minimum absolute atomic E-state index is 0.0566. The van der Waals surface area contributed by atoms with Gasteiger partial charge in [0.15, 0.2) is 0 Å². The highest BCUT2D eigenvalue weighted by Gasteiger charge is 2.42. The van der Waals surface area contributed by atoms with Crippen molar-refractivity contribution in [1.82, 2.24) is 10.2 Å². The van der Waals surface area contributed by atoms with Crippen molar-refractivity contribution in [2.45, 2.75) is 37.6 Å². The molecule has 2 aliphatic rings. The fourth-order valence-corrected chi connectivity index (χ4v) is 4.61. The van der Waals surface area contributed by atoms with Crippen molar-refractivity contribution in [2.75, 3.05) is 18.4 Å². The Morgan fingerprint density at radius 3 is 2.26 bits per heavy atom.